The van der Waals surface area contributed by atoms with E-state index in [4.69, 9.17) is 0 Å². The first kappa shape index (κ1) is 16.6. The maximum Gasteiger partial charge on any atom is -1.00 e. The molecular weight excluding hydrogens is 220 g/mol. The van der Waals surface area contributed by atoms with E-state index in [2.05, 4.69) is 19.1 Å². The Kier molecular flexibility index (Phi) is 12.1. The van der Waals surface area contributed by atoms with Crippen LogP contribution in [0, 0.1) is 0 Å². The van der Waals surface area contributed by atoms with Crippen LogP contribution in [0.3, 0.4) is 0 Å². The monoisotopic (exact) mass is 226 g/mol. The van der Waals surface area contributed by atoms with E-state index in [0.717, 1.165) is 0 Å². The summed E-state index contributed by atoms with van der Waals surface area (Å²) < 4.78 is 1.60. The van der Waals surface area contributed by atoms with Gasteiger partial charge in [-0.05, 0) is 0 Å². The number of hydrogen-bond acceptors (Lipinski definition) is 0. The Labute approximate surface area is 73.3 Å². The van der Waals surface area contributed by atoms with Gasteiger partial charge in [-0.2, -0.15) is 0 Å². The topological polar surface area (TPSA) is 0 Å². The van der Waals surface area contributed by atoms with Gasteiger partial charge in [0, 0.05) is 0 Å². The van der Waals surface area contributed by atoms with Gasteiger partial charge in [0.25, 0.3) is 0 Å². The van der Waals surface area contributed by atoms with Gasteiger partial charge in [0.15, 0.2) is 0 Å². The van der Waals surface area contributed by atoms with Crippen LogP contribution in [-0.2, 0) is 24.7 Å². The van der Waals surface area contributed by atoms with Crippen LogP contribution in [-0.4, -0.2) is 0 Å². The molecule has 0 aromatic heterocycles. The molecule has 4 heteroatoms. The van der Waals surface area contributed by atoms with E-state index in [0.29, 0.717) is 0 Å². The van der Waals surface area contributed by atoms with Gasteiger partial charge >= 0.3 is 59.1 Å². The van der Waals surface area contributed by atoms with Gasteiger partial charge in [-0.25, -0.2) is 0 Å². The fourth-order valence-corrected chi connectivity index (χ4v) is 1.11. The van der Waals surface area contributed by atoms with Gasteiger partial charge in [0.2, 0.25) is 0 Å². The second kappa shape index (κ2) is 7.26. The second-order valence-electron chi connectivity index (χ2n) is 1.77. The number of hydrogen-bond donors (Lipinski definition) is 0. The molecule has 0 amide bonds. The maximum atomic E-state index is 2.22. The molecule has 1 rings (SSSR count). The van der Waals surface area contributed by atoms with Crippen molar-refractivity contribution >= 4 is 0 Å². The predicted molar refractivity (Wildman–Crippen MR) is 26.5 cm³/mol. The molecule has 0 radical (unpaired) electrons. The zero-order valence-corrected chi connectivity index (χ0v) is 7.95. The SMILES string of the molecule is CC1=[C]([Zr+3])CC=C1.[F-].[F-].[F-]. The summed E-state index contributed by atoms with van der Waals surface area (Å²) in [5, 5.41) is 0. The smallest absolute Gasteiger partial charge is 1.00 e. The van der Waals surface area contributed by atoms with Crippen molar-refractivity contribution in [1.82, 2.24) is 0 Å². The maximum absolute atomic E-state index is 2.22. The summed E-state index contributed by atoms with van der Waals surface area (Å²) in [7, 11) is 0. The molecule has 0 atom stereocenters. The van der Waals surface area contributed by atoms with Crippen molar-refractivity contribution in [3.8, 4) is 0 Å². The van der Waals surface area contributed by atoms with Crippen molar-refractivity contribution in [2.24, 2.45) is 0 Å². The van der Waals surface area contributed by atoms with E-state index < -0.39 is 0 Å². The molecule has 1 aliphatic carbocycles. The molecule has 10 heavy (non-hydrogen) atoms. The van der Waals surface area contributed by atoms with Crippen molar-refractivity contribution in [2.45, 2.75) is 13.3 Å². The summed E-state index contributed by atoms with van der Waals surface area (Å²) in [4.78, 5) is 0. The van der Waals surface area contributed by atoms with E-state index >= 15 is 0 Å². The van der Waals surface area contributed by atoms with Crippen molar-refractivity contribution in [3.05, 3.63) is 21.0 Å². The van der Waals surface area contributed by atoms with Crippen molar-refractivity contribution in [2.75, 3.05) is 0 Å². The summed E-state index contributed by atoms with van der Waals surface area (Å²) in [6.45, 7) is 2.17. The van der Waals surface area contributed by atoms with Gasteiger partial charge in [-0.1, -0.05) is 0 Å². The largest absolute Gasteiger partial charge is 1.00 e. The molecule has 56 valence electrons. The minimum absolute atomic E-state index is 0. The Morgan fingerprint density at radius 1 is 1.30 bits per heavy atom. The molecule has 0 unspecified atom stereocenters. The van der Waals surface area contributed by atoms with E-state index in [1.54, 1.807) is 28.0 Å². The third-order valence-corrected chi connectivity index (χ3v) is 2.64. The second-order valence-corrected chi connectivity index (χ2v) is 3.25. The van der Waals surface area contributed by atoms with Crippen molar-refractivity contribution in [3.63, 3.8) is 0 Å². The zero-order chi connectivity index (χ0) is 5.28. The Morgan fingerprint density at radius 3 is 1.90 bits per heavy atom. The molecule has 0 N–H and O–H groups in total. The predicted octanol–water partition coefficient (Wildman–Crippen LogP) is -7.22. The number of allylic oxidation sites excluding steroid dienone is 4. The fraction of sp³-hybridized carbons (Fsp3) is 0.333. The van der Waals surface area contributed by atoms with Crippen LogP contribution in [0.5, 0.6) is 0 Å². The van der Waals surface area contributed by atoms with Gasteiger partial charge in [-0.15, -0.1) is 0 Å². The van der Waals surface area contributed by atoms with Crippen LogP contribution in [0.25, 0.3) is 0 Å². The molecule has 0 nitrogen and oxygen atoms in total. The summed E-state index contributed by atoms with van der Waals surface area (Å²) >= 11 is 1.58. The summed E-state index contributed by atoms with van der Waals surface area (Å²) in [6, 6.07) is 0. The van der Waals surface area contributed by atoms with Gasteiger partial charge in [0.05, 0.1) is 0 Å². The Morgan fingerprint density at radius 2 is 1.80 bits per heavy atom. The quantitative estimate of drug-likeness (QED) is 0.386. The Bertz CT molecular complexity index is 140. The Hall–Kier alpha value is 0.153. The van der Waals surface area contributed by atoms with Crippen LogP contribution >= 0.6 is 0 Å². The van der Waals surface area contributed by atoms with Crippen LogP contribution in [0.1, 0.15) is 13.3 Å². The van der Waals surface area contributed by atoms with E-state index in [1.165, 1.54) is 12.0 Å². The van der Waals surface area contributed by atoms with Crippen LogP contribution in [0.4, 0.5) is 0 Å². The molecule has 0 bridgehead atoms. The molecule has 1 aliphatic rings. The average molecular weight is 227 g/mol. The minimum atomic E-state index is 0. The third-order valence-electron chi connectivity index (χ3n) is 1.17. The van der Waals surface area contributed by atoms with Crippen molar-refractivity contribution in [1.29, 1.82) is 0 Å². The van der Waals surface area contributed by atoms with Gasteiger partial charge in [0.1, 0.15) is 0 Å². The minimum Gasteiger partial charge on any atom is -1.00 e. The zero-order valence-electron chi connectivity index (χ0n) is 5.50. The van der Waals surface area contributed by atoms with Gasteiger partial charge in [-0.3, -0.25) is 0 Å². The van der Waals surface area contributed by atoms with Gasteiger partial charge < -0.3 is 14.1 Å². The molecule has 0 heterocycles. The average Bonchev–Trinajstić information content (AvgIpc) is 1.91. The summed E-state index contributed by atoms with van der Waals surface area (Å²) in [6.07, 6.45) is 5.63. The van der Waals surface area contributed by atoms with Crippen molar-refractivity contribution < 1.29 is 38.8 Å². The van der Waals surface area contributed by atoms with E-state index in [-0.39, 0.29) is 14.1 Å². The summed E-state index contributed by atoms with van der Waals surface area (Å²) in [5.41, 5.74) is 1.48. The molecule has 0 fully saturated rings. The Balaban J connectivity index is -0.000000163. The molecule has 0 spiro atoms. The van der Waals surface area contributed by atoms with E-state index in [1.807, 2.05) is 0 Å². The molecule has 0 aromatic rings. The molecule has 0 aromatic carbocycles. The standard InChI is InChI=1S/C6H7.3FH.Zr/c1-6-4-2-3-5-6;;;;/h2,4H,3H2,1H3;3*1H;/q;;;;+3/p-3. The first-order valence-corrected chi connectivity index (χ1v) is 3.61. The van der Waals surface area contributed by atoms with E-state index in [9.17, 15) is 0 Å². The molecular formula is C6H7F3Zr. The van der Waals surface area contributed by atoms with Crippen LogP contribution < -0.4 is 14.1 Å². The van der Waals surface area contributed by atoms with Crippen LogP contribution in [0.15, 0.2) is 21.0 Å². The fourth-order valence-electron chi connectivity index (χ4n) is 0.615. The molecule has 0 saturated heterocycles. The first-order chi connectivity index (χ1) is 3.30. The normalized spacial score (nSPS) is 13.5. The summed E-state index contributed by atoms with van der Waals surface area (Å²) in [5.74, 6) is 0. The molecule has 0 aliphatic heterocycles. The third kappa shape index (κ3) is 4.05. The number of rotatable bonds is 0. The van der Waals surface area contributed by atoms with Crippen LogP contribution in [0.2, 0.25) is 0 Å². The first-order valence-electron chi connectivity index (χ1n) is 2.38. The molecule has 0 saturated carbocycles. The number of halogens is 3.